The van der Waals surface area contributed by atoms with Gasteiger partial charge in [0.05, 0.1) is 0 Å². The van der Waals surface area contributed by atoms with E-state index in [2.05, 4.69) is 0 Å². The number of likely N-dealkylation sites (tertiary alicyclic amines) is 1. The summed E-state index contributed by atoms with van der Waals surface area (Å²) < 4.78 is 5.18. The van der Waals surface area contributed by atoms with Crippen LogP contribution >= 0.6 is 8.37 Å². The Morgan fingerprint density at radius 3 is 2.57 bits per heavy atom. The second-order valence-electron chi connectivity index (χ2n) is 3.22. The number of nitrogens with zero attached hydrogens (tertiary/aromatic N) is 1. The predicted molar refractivity (Wildman–Crippen MR) is 50.0 cm³/mol. The molecule has 0 N–H and O–H groups in total. The number of hydrogen-bond acceptors (Lipinski definition) is 3. The van der Waals surface area contributed by atoms with Crippen LogP contribution in [0.2, 0.25) is 0 Å². The fraction of sp³-hybridized carbons (Fsp3) is 0.750. The van der Waals surface area contributed by atoms with Gasteiger partial charge in [0.1, 0.15) is 0 Å². The Hall–Kier alpha value is -0.0217. The van der Waals surface area contributed by atoms with E-state index in [1.807, 2.05) is 6.26 Å². The monoisotopic (exact) mass is 387 g/mol. The van der Waals surface area contributed by atoms with Gasteiger partial charge in [-0.2, -0.15) is 0 Å². The van der Waals surface area contributed by atoms with E-state index in [-0.39, 0.29) is 20.3 Å². The third-order valence-corrected chi connectivity index (χ3v) is 3.34. The van der Waals surface area contributed by atoms with Gasteiger partial charge in [-0.15, -0.1) is 0 Å². The average molecular weight is 387 g/mol. The van der Waals surface area contributed by atoms with Crippen LogP contribution in [0.25, 0.3) is 0 Å². The molecule has 1 heterocycles. The second kappa shape index (κ2) is 5.76. The van der Waals surface area contributed by atoms with Gasteiger partial charge in [0, 0.05) is 0 Å². The van der Waals surface area contributed by atoms with E-state index in [1.54, 1.807) is 4.90 Å². The molecule has 1 aliphatic rings. The first-order chi connectivity index (χ1) is 6.63. The Balaban J connectivity index is 2.37. The van der Waals surface area contributed by atoms with Gasteiger partial charge in [-0.25, -0.2) is 0 Å². The van der Waals surface area contributed by atoms with E-state index in [0.29, 0.717) is 13.1 Å². The van der Waals surface area contributed by atoms with Crippen molar-refractivity contribution in [3.63, 3.8) is 0 Å². The standard InChI is InChI=1S/C8H13NO3S.W/c1-13-12-8(11)7-2-4-9(6-10)5-3-7;/h6-7H,2-5H2,1H3;. The van der Waals surface area contributed by atoms with Crippen molar-refractivity contribution in [1.82, 2.24) is 4.90 Å². The molecule has 4 nitrogen and oxygen atoms in total. The Morgan fingerprint density at radius 2 is 2.14 bits per heavy atom. The molecular weight excluding hydrogens is 374 g/mol. The first-order valence-corrected chi connectivity index (χ1v) is 9.46. The second-order valence-corrected chi connectivity index (χ2v) is 9.25. The SMILES string of the molecule is C[S](=[W])OC(=O)C1CCN(C=O)CC1. The molecule has 6 heteroatoms. The van der Waals surface area contributed by atoms with Crippen molar-refractivity contribution in [2.75, 3.05) is 19.3 Å². The zero-order valence-corrected chi connectivity index (χ0v) is 11.7. The van der Waals surface area contributed by atoms with Gasteiger partial charge >= 0.3 is 95.5 Å². The first-order valence-electron chi connectivity index (χ1n) is 4.38. The van der Waals surface area contributed by atoms with Gasteiger partial charge < -0.3 is 0 Å². The molecule has 1 aliphatic heterocycles. The van der Waals surface area contributed by atoms with Crippen LogP contribution in [0.4, 0.5) is 0 Å². The molecule has 80 valence electrons. The quantitative estimate of drug-likeness (QED) is 0.670. The van der Waals surface area contributed by atoms with E-state index < -0.39 is 0 Å². The average Bonchev–Trinajstić information content (AvgIpc) is 2.17. The van der Waals surface area contributed by atoms with Gasteiger partial charge in [0.25, 0.3) is 0 Å². The van der Waals surface area contributed by atoms with E-state index in [1.165, 1.54) is 18.0 Å². The van der Waals surface area contributed by atoms with E-state index in [9.17, 15) is 9.59 Å². The summed E-state index contributed by atoms with van der Waals surface area (Å²) in [5, 5.41) is 0. The minimum absolute atomic E-state index is 0.000463. The van der Waals surface area contributed by atoms with Crippen molar-refractivity contribution in [2.24, 2.45) is 5.92 Å². The van der Waals surface area contributed by atoms with Crippen molar-refractivity contribution in [3.8, 4) is 0 Å². The summed E-state index contributed by atoms with van der Waals surface area (Å²) in [5.41, 5.74) is 0. The third kappa shape index (κ3) is 3.62. The molecule has 0 aromatic heterocycles. The van der Waals surface area contributed by atoms with Crippen molar-refractivity contribution in [1.29, 1.82) is 0 Å². The molecular formula is C8H13NO3SW. The fourth-order valence-corrected chi connectivity index (χ4v) is 2.51. The molecule has 0 bridgehead atoms. The van der Waals surface area contributed by atoms with Crippen molar-refractivity contribution < 1.29 is 31.8 Å². The normalized spacial score (nSPS) is 20.2. The number of carbonyl (C=O) groups is 2. The molecule has 0 radical (unpaired) electrons. The molecule has 1 fully saturated rings. The zero-order chi connectivity index (χ0) is 10.6. The summed E-state index contributed by atoms with van der Waals surface area (Å²) in [5.74, 6) is -0.0862. The molecule has 1 amide bonds. The summed E-state index contributed by atoms with van der Waals surface area (Å²) in [6.07, 6.45) is 4.23. The molecule has 0 spiro atoms. The van der Waals surface area contributed by atoms with E-state index in [0.717, 1.165) is 19.3 Å². The Morgan fingerprint density at radius 1 is 1.57 bits per heavy atom. The number of hydrogen-bond donors (Lipinski definition) is 0. The van der Waals surface area contributed by atoms with Crippen molar-refractivity contribution >= 4 is 20.7 Å². The molecule has 1 saturated heterocycles. The van der Waals surface area contributed by atoms with Crippen LogP contribution in [0.5, 0.6) is 0 Å². The molecule has 0 aliphatic carbocycles. The van der Waals surface area contributed by atoms with Crippen LogP contribution in [0, 0.1) is 5.92 Å². The topological polar surface area (TPSA) is 46.6 Å². The maximum atomic E-state index is 11.5. The van der Waals surface area contributed by atoms with Gasteiger partial charge in [0.2, 0.25) is 0 Å². The zero-order valence-electron chi connectivity index (χ0n) is 7.97. The summed E-state index contributed by atoms with van der Waals surface area (Å²) in [7, 11) is -0.207. The van der Waals surface area contributed by atoms with Crippen LogP contribution in [-0.2, 0) is 31.8 Å². The van der Waals surface area contributed by atoms with Crippen molar-refractivity contribution in [2.45, 2.75) is 12.8 Å². The van der Waals surface area contributed by atoms with Crippen LogP contribution in [-0.4, -0.2) is 36.6 Å². The van der Waals surface area contributed by atoms with Crippen LogP contribution in [0.3, 0.4) is 0 Å². The van der Waals surface area contributed by atoms with Crippen LogP contribution in [0.1, 0.15) is 12.8 Å². The molecule has 1 rings (SSSR count). The summed E-state index contributed by atoms with van der Waals surface area (Å²) >= 11 is 1.29. The molecule has 14 heavy (non-hydrogen) atoms. The summed E-state index contributed by atoms with van der Waals surface area (Å²) in [4.78, 5) is 23.6. The predicted octanol–water partition coefficient (Wildman–Crippen LogP) is 0.673. The molecule has 0 aromatic rings. The molecule has 1 unspecified atom stereocenters. The summed E-state index contributed by atoms with van der Waals surface area (Å²) in [6, 6.07) is 0. The summed E-state index contributed by atoms with van der Waals surface area (Å²) in [6.45, 7) is 1.36. The maximum absolute atomic E-state index is 11.5. The minimum atomic E-state index is -0.207. The van der Waals surface area contributed by atoms with Gasteiger partial charge in [0.15, 0.2) is 0 Å². The number of rotatable bonds is 3. The molecule has 0 saturated carbocycles. The van der Waals surface area contributed by atoms with Gasteiger partial charge in [-0.1, -0.05) is 0 Å². The van der Waals surface area contributed by atoms with E-state index >= 15 is 0 Å². The third-order valence-electron chi connectivity index (χ3n) is 2.21. The van der Waals surface area contributed by atoms with Crippen LogP contribution < -0.4 is 0 Å². The first kappa shape index (κ1) is 12.0. The van der Waals surface area contributed by atoms with Gasteiger partial charge in [-0.3, -0.25) is 0 Å². The Kier molecular flexibility index (Phi) is 4.96. The fourth-order valence-electron chi connectivity index (χ4n) is 1.42. The van der Waals surface area contributed by atoms with Gasteiger partial charge in [-0.05, 0) is 0 Å². The Bertz CT molecular complexity index is 251. The number of amides is 1. The van der Waals surface area contributed by atoms with Crippen LogP contribution in [0.15, 0.2) is 0 Å². The van der Waals surface area contributed by atoms with E-state index in [4.69, 9.17) is 4.18 Å². The Labute approximate surface area is 95.5 Å². The molecule has 0 aromatic carbocycles. The van der Waals surface area contributed by atoms with Crippen molar-refractivity contribution in [3.05, 3.63) is 0 Å². The molecule has 1 atom stereocenters. The number of carbonyl (C=O) groups excluding carboxylic acids is 2. The number of piperidine rings is 1.